The van der Waals surface area contributed by atoms with E-state index in [2.05, 4.69) is 23.3 Å². The van der Waals surface area contributed by atoms with Gasteiger partial charge in [0.15, 0.2) is 6.20 Å². The van der Waals surface area contributed by atoms with Gasteiger partial charge in [0, 0.05) is 30.5 Å². The molecule has 0 aliphatic rings. The Morgan fingerprint density at radius 1 is 1.33 bits per heavy atom. The van der Waals surface area contributed by atoms with Gasteiger partial charge in [0.1, 0.15) is 0 Å². The van der Waals surface area contributed by atoms with Gasteiger partial charge in [-0.25, -0.2) is 4.98 Å². The lowest BCUT2D eigenvalue weighted by molar-refractivity contribution is -0.380. The Kier molecular flexibility index (Phi) is 6.51. The molecule has 1 rings (SSSR count). The standard InChI is InChI=1S/C15H20N2O/c1-13(6-8-14(2)16-11-12-18)7-9-15-5-3-4-10-17-15/h3-10,16,18H,11-12H2,1-2H3/p+1/b9-7+,13-6+,14-8+. The summed E-state index contributed by atoms with van der Waals surface area (Å²) in [5.74, 6) is 0. The molecule has 0 bridgehead atoms. The van der Waals surface area contributed by atoms with Crippen LogP contribution in [-0.4, -0.2) is 18.3 Å². The number of allylic oxidation sites excluding steroid dienone is 5. The van der Waals surface area contributed by atoms with Crippen molar-refractivity contribution in [3.05, 3.63) is 59.6 Å². The van der Waals surface area contributed by atoms with Crippen molar-refractivity contribution in [1.82, 2.24) is 5.32 Å². The number of hydrogen-bond acceptors (Lipinski definition) is 2. The van der Waals surface area contributed by atoms with Gasteiger partial charge >= 0.3 is 0 Å². The Balaban J connectivity index is 2.54. The van der Waals surface area contributed by atoms with E-state index >= 15 is 0 Å². The van der Waals surface area contributed by atoms with Crippen molar-refractivity contribution < 1.29 is 10.1 Å². The van der Waals surface area contributed by atoms with Crippen LogP contribution in [0.5, 0.6) is 0 Å². The second kappa shape index (κ2) is 8.25. The van der Waals surface area contributed by atoms with E-state index in [4.69, 9.17) is 5.11 Å². The quantitative estimate of drug-likeness (QED) is 0.752. The van der Waals surface area contributed by atoms with Gasteiger partial charge in [-0.2, -0.15) is 0 Å². The summed E-state index contributed by atoms with van der Waals surface area (Å²) in [6, 6.07) is 5.98. The number of pyridine rings is 1. The highest BCUT2D eigenvalue weighted by Crippen LogP contribution is 2.01. The van der Waals surface area contributed by atoms with E-state index in [0.717, 1.165) is 17.0 Å². The molecule has 18 heavy (non-hydrogen) atoms. The number of aromatic amines is 1. The van der Waals surface area contributed by atoms with Crippen LogP contribution in [0.4, 0.5) is 0 Å². The number of nitrogens with one attached hydrogen (secondary N) is 2. The summed E-state index contributed by atoms with van der Waals surface area (Å²) in [4.78, 5) is 3.15. The molecule has 0 unspecified atom stereocenters. The predicted molar refractivity (Wildman–Crippen MR) is 74.6 cm³/mol. The Morgan fingerprint density at radius 3 is 2.83 bits per heavy atom. The van der Waals surface area contributed by atoms with Gasteiger partial charge in [-0.15, -0.1) is 0 Å². The van der Waals surface area contributed by atoms with Crippen LogP contribution in [0.3, 0.4) is 0 Å². The van der Waals surface area contributed by atoms with E-state index in [1.807, 2.05) is 49.5 Å². The van der Waals surface area contributed by atoms with Crippen LogP contribution in [0.25, 0.3) is 6.08 Å². The molecule has 1 aromatic heterocycles. The van der Waals surface area contributed by atoms with E-state index in [9.17, 15) is 0 Å². The van der Waals surface area contributed by atoms with Crippen LogP contribution >= 0.6 is 0 Å². The number of hydrogen-bond donors (Lipinski definition) is 2. The van der Waals surface area contributed by atoms with E-state index in [1.54, 1.807) is 0 Å². The number of aliphatic hydroxyl groups excluding tert-OH is 1. The summed E-state index contributed by atoms with van der Waals surface area (Å²) in [6.45, 7) is 4.77. The summed E-state index contributed by atoms with van der Waals surface area (Å²) in [6.07, 6.45) is 10.0. The van der Waals surface area contributed by atoms with Crippen molar-refractivity contribution in [3.63, 3.8) is 0 Å². The van der Waals surface area contributed by atoms with Gasteiger partial charge in [-0.1, -0.05) is 17.7 Å². The molecule has 0 spiro atoms. The monoisotopic (exact) mass is 245 g/mol. The van der Waals surface area contributed by atoms with Crippen molar-refractivity contribution in [2.75, 3.05) is 13.2 Å². The van der Waals surface area contributed by atoms with Gasteiger partial charge in [-0.05, 0) is 26.0 Å². The second-order valence-corrected chi connectivity index (χ2v) is 4.06. The van der Waals surface area contributed by atoms with Gasteiger partial charge in [0.2, 0.25) is 5.69 Å². The molecule has 0 aliphatic carbocycles. The van der Waals surface area contributed by atoms with Crippen LogP contribution in [0, 0.1) is 0 Å². The summed E-state index contributed by atoms with van der Waals surface area (Å²) in [5.41, 5.74) is 3.28. The molecule has 1 aromatic rings. The Labute approximate surface area is 109 Å². The molecule has 0 saturated heterocycles. The maximum atomic E-state index is 8.68. The first-order valence-corrected chi connectivity index (χ1v) is 6.07. The van der Waals surface area contributed by atoms with Gasteiger partial charge in [0.25, 0.3) is 0 Å². The molecule has 0 radical (unpaired) electrons. The minimum absolute atomic E-state index is 0.150. The molecule has 96 valence electrons. The SMILES string of the molecule is CC(/C=C/c1cccc[nH+]1)=C\C=C(/C)NCCO. The lowest BCUT2D eigenvalue weighted by Crippen LogP contribution is -2.15. The summed E-state index contributed by atoms with van der Waals surface area (Å²) < 4.78 is 0. The highest BCUT2D eigenvalue weighted by atomic mass is 16.3. The third kappa shape index (κ3) is 6.01. The van der Waals surface area contributed by atoms with Gasteiger partial charge < -0.3 is 10.4 Å². The zero-order valence-corrected chi connectivity index (χ0v) is 11.0. The zero-order valence-electron chi connectivity index (χ0n) is 11.0. The Hall–Kier alpha value is -1.87. The first kappa shape index (κ1) is 14.2. The molecule has 1 heterocycles. The maximum Gasteiger partial charge on any atom is 0.203 e. The fourth-order valence-corrected chi connectivity index (χ4v) is 1.36. The topological polar surface area (TPSA) is 46.4 Å². The van der Waals surface area contributed by atoms with E-state index < -0.39 is 0 Å². The second-order valence-electron chi connectivity index (χ2n) is 4.06. The Morgan fingerprint density at radius 2 is 2.17 bits per heavy atom. The largest absolute Gasteiger partial charge is 0.395 e. The fraction of sp³-hybridized carbons (Fsp3) is 0.267. The fourth-order valence-electron chi connectivity index (χ4n) is 1.36. The van der Waals surface area contributed by atoms with Crippen LogP contribution in [0.15, 0.2) is 53.9 Å². The summed E-state index contributed by atoms with van der Waals surface area (Å²) in [7, 11) is 0. The lowest BCUT2D eigenvalue weighted by Gasteiger charge is -2.01. The molecule has 3 nitrogen and oxygen atoms in total. The molecule has 3 heteroatoms. The third-order valence-corrected chi connectivity index (χ3v) is 2.37. The number of aromatic nitrogens is 1. The van der Waals surface area contributed by atoms with Crippen LogP contribution in [0.1, 0.15) is 19.5 Å². The average molecular weight is 245 g/mol. The maximum absolute atomic E-state index is 8.68. The summed E-state index contributed by atoms with van der Waals surface area (Å²) in [5, 5.41) is 11.8. The minimum atomic E-state index is 0.150. The number of rotatable bonds is 6. The first-order chi connectivity index (χ1) is 8.72. The van der Waals surface area contributed by atoms with E-state index in [1.165, 1.54) is 0 Å². The first-order valence-electron chi connectivity index (χ1n) is 6.07. The molecular weight excluding hydrogens is 224 g/mol. The molecule has 0 saturated carbocycles. The number of H-pyrrole nitrogens is 1. The molecule has 0 aliphatic heterocycles. The highest BCUT2D eigenvalue weighted by Gasteiger charge is 1.91. The van der Waals surface area contributed by atoms with Crippen molar-refractivity contribution in [2.45, 2.75) is 13.8 Å². The lowest BCUT2D eigenvalue weighted by atomic mass is 10.2. The average Bonchev–Trinajstić information content (AvgIpc) is 2.41. The van der Waals surface area contributed by atoms with Gasteiger partial charge in [-0.3, -0.25) is 0 Å². The van der Waals surface area contributed by atoms with Crippen molar-refractivity contribution in [3.8, 4) is 0 Å². The Bertz CT molecular complexity index is 433. The smallest absolute Gasteiger partial charge is 0.203 e. The molecule has 3 N–H and O–H groups in total. The third-order valence-electron chi connectivity index (χ3n) is 2.37. The molecule has 0 fully saturated rings. The zero-order chi connectivity index (χ0) is 13.2. The molecule has 0 amide bonds. The number of aliphatic hydroxyl groups is 1. The van der Waals surface area contributed by atoms with Crippen LogP contribution < -0.4 is 10.3 Å². The molecule has 0 aromatic carbocycles. The van der Waals surface area contributed by atoms with Crippen molar-refractivity contribution in [1.29, 1.82) is 0 Å². The highest BCUT2D eigenvalue weighted by molar-refractivity contribution is 5.46. The van der Waals surface area contributed by atoms with E-state index in [0.29, 0.717) is 6.54 Å². The molecular formula is C15H21N2O+. The van der Waals surface area contributed by atoms with Crippen molar-refractivity contribution >= 4 is 6.08 Å². The molecule has 0 atom stereocenters. The van der Waals surface area contributed by atoms with E-state index in [-0.39, 0.29) is 6.61 Å². The van der Waals surface area contributed by atoms with Crippen molar-refractivity contribution in [2.24, 2.45) is 0 Å². The predicted octanol–water partition coefficient (Wildman–Crippen LogP) is 1.95. The normalized spacial score (nSPS) is 13.1. The van der Waals surface area contributed by atoms with Crippen LogP contribution in [0.2, 0.25) is 0 Å². The minimum Gasteiger partial charge on any atom is -0.395 e. The van der Waals surface area contributed by atoms with Crippen LogP contribution in [-0.2, 0) is 0 Å². The summed E-state index contributed by atoms with van der Waals surface area (Å²) >= 11 is 0. The van der Waals surface area contributed by atoms with Gasteiger partial charge in [0.05, 0.1) is 6.61 Å².